The number of anilines is 2. The fourth-order valence-electron chi connectivity index (χ4n) is 2.72. The van der Waals surface area contributed by atoms with Crippen LogP contribution in [0, 0.1) is 6.92 Å². The topological polar surface area (TPSA) is 152 Å². The van der Waals surface area contributed by atoms with Gasteiger partial charge in [0.1, 0.15) is 12.4 Å². The number of hydrogen-bond donors (Lipinski definition) is 4. The lowest BCUT2D eigenvalue weighted by molar-refractivity contribution is -0.192. The zero-order valence-electron chi connectivity index (χ0n) is 17.4. The highest BCUT2D eigenvalue weighted by Crippen LogP contribution is 2.33. The van der Waals surface area contributed by atoms with Crippen molar-refractivity contribution in [3.05, 3.63) is 47.7 Å². The molecule has 2 heterocycles. The van der Waals surface area contributed by atoms with Crippen molar-refractivity contribution in [1.29, 1.82) is 0 Å². The number of halogens is 3. The Balaban J connectivity index is 0.000000479. The van der Waals surface area contributed by atoms with Crippen molar-refractivity contribution >= 4 is 41.1 Å². The van der Waals surface area contributed by atoms with Gasteiger partial charge >= 0.3 is 12.1 Å². The molecular formula is C20H22F3N5O4S. The van der Waals surface area contributed by atoms with Crippen LogP contribution < -0.4 is 21.7 Å². The van der Waals surface area contributed by atoms with Gasteiger partial charge < -0.3 is 26.8 Å². The highest BCUT2D eigenvalue weighted by Gasteiger charge is 2.38. The number of thioether (sulfide) groups is 1. The molecule has 1 atom stereocenters. The number of alkyl halides is 3. The molecule has 1 aromatic carbocycles. The number of rotatable bonds is 4. The van der Waals surface area contributed by atoms with E-state index in [2.05, 4.69) is 10.3 Å². The molecule has 0 bridgehead atoms. The number of nitrogens with one attached hydrogen (secondary N) is 1. The van der Waals surface area contributed by atoms with Crippen molar-refractivity contribution in [2.75, 3.05) is 22.9 Å². The molecule has 33 heavy (non-hydrogen) atoms. The number of carbonyl (C=O) groups is 3. The van der Waals surface area contributed by atoms with Gasteiger partial charge in [-0.3, -0.25) is 9.59 Å². The van der Waals surface area contributed by atoms with Crippen molar-refractivity contribution in [3.63, 3.8) is 0 Å². The van der Waals surface area contributed by atoms with Gasteiger partial charge in [0.15, 0.2) is 0 Å². The molecule has 0 fully saturated rings. The lowest BCUT2D eigenvalue weighted by Crippen LogP contribution is -2.48. The predicted octanol–water partition coefficient (Wildman–Crippen LogP) is 1.69. The number of nitrogens with two attached hydrogens (primary N) is 2. The average molecular weight is 485 g/mol. The maximum absolute atomic E-state index is 12.6. The van der Waals surface area contributed by atoms with E-state index in [0.717, 1.165) is 21.8 Å². The zero-order valence-corrected chi connectivity index (χ0v) is 18.2. The molecule has 0 aliphatic carbocycles. The number of hydrogen-bond acceptors (Lipinski definition) is 7. The van der Waals surface area contributed by atoms with Gasteiger partial charge in [-0.2, -0.15) is 13.2 Å². The number of aryl methyl sites for hydroxylation is 1. The summed E-state index contributed by atoms with van der Waals surface area (Å²) in [6, 6.07) is 10.4. The number of benzene rings is 1. The van der Waals surface area contributed by atoms with Gasteiger partial charge in [0.25, 0.3) is 0 Å². The van der Waals surface area contributed by atoms with Crippen LogP contribution in [0.5, 0.6) is 0 Å². The standard InChI is InChI=1S/C18H21N5O2S.C2HF3O2/c1-11-12(6-7-16(20)22-11)8-21-17(24)9-23-14-4-2-3-5-15(14)26-10-13(19)18(23)25;3-2(4,5)1(6)7/h2-7,13H,8-10,19H2,1H3,(H2,20,22)(H,21,24);(H,6,7)/t13-;/m1./s1. The first-order chi connectivity index (χ1) is 15.4. The summed E-state index contributed by atoms with van der Waals surface area (Å²) in [6.45, 7) is 2.08. The third-order valence-corrected chi connectivity index (χ3v) is 5.58. The summed E-state index contributed by atoms with van der Waals surface area (Å²) in [7, 11) is 0. The quantitative estimate of drug-likeness (QED) is 0.511. The smallest absolute Gasteiger partial charge is 0.475 e. The van der Waals surface area contributed by atoms with Gasteiger partial charge in [-0.1, -0.05) is 18.2 Å². The molecule has 13 heteroatoms. The van der Waals surface area contributed by atoms with Crippen LogP contribution in [0.1, 0.15) is 11.3 Å². The predicted molar refractivity (Wildman–Crippen MR) is 116 cm³/mol. The molecule has 178 valence electrons. The molecule has 6 N–H and O–H groups in total. The third kappa shape index (κ3) is 7.36. The minimum atomic E-state index is -5.08. The van der Waals surface area contributed by atoms with Crippen molar-refractivity contribution < 1.29 is 32.7 Å². The van der Waals surface area contributed by atoms with E-state index in [-0.39, 0.29) is 18.4 Å². The second-order valence-electron chi connectivity index (χ2n) is 6.87. The summed E-state index contributed by atoms with van der Waals surface area (Å²) < 4.78 is 31.7. The van der Waals surface area contributed by atoms with Crippen LogP contribution in [0.15, 0.2) is 41.3 Å². The Morgan fingerprint density at radius 1 is 1.27 bits per heavy atom. The molecule has 1 aliphatic heterocycles. The largest absolute Gasteiger partial charge is 0.490 e. The molecule has 2 amide bonds. The van der Waals surface area contributed by atoms with E-state index in [9.17, 15) is 22.8 Å². The number of amides is 2. The first-order valence-corrected chi connectivity index (χ1v) is 10.5. The molecule has 0 radical (unpaired) electrons. The van der Waals surface area contributed by atoms with Crippen LogP contribution >= 0.6 is 11.8 Å². The Labute approximate surface area is 191 Å². The normalized spacial score (nSPS) is 15.6. The number of nitrogens with zero attached hydrogens (tertiary/aromatic N) is 2. The molecular weight excluding hydrogens is 463 g/mol. The molecule has 9 nitrogen and oxygen atoms in total. The van der Waals surface area contributed by atoms with Gasteiger partial charge in [0.05, 0.1) is 11.7 Å². The zero-order chi connectivity index (χ0) is 24.8. The van der Waals surface area contributed by atoms with Gasteiger partial charge in [0, 0.05) is 22.9 Å². The van der Waals surface area contributed by atoms with Gasteiger partial charge in [-0.05, 0) is 30.7 Å². The average Bonchev–Trinajstić information content (AvgIpc) is 2.85. The van der Waals surface area contributed by atoms with Gasteiger partial charge in [-0.15, -0.1) is 11.8 Å². The lowest BCUT2D eigenvalue weighted by atomic mass is 10.2. The SMILES string of the molecule is Cc1nc(N)ccc1CNC(=O)CN1C(=O)[C@H](N)CSc2ccccc21.O=C(O)C(F)(F)F. The molecule has 1 aromatic heterocycles. The Morgan fingerprint density at radius 3 is 2.52 bits per heavy atom. The Bertz CT molecular complexity index is 1040. The summed E-state index contributed by atoms with van der Waals surface area (Å²) >= 11 is 1.53. The summed E-state index contributed by atoms with van der Waals surface area (Å²) in [5.74, 6) is -2.33. The molecule has 0 unspecified atom stereocenters. The highest BCUT2D eigenvalue weighted by molar-refractivity contribution is 7.99. The van der Waals surface area contributed by atoms with Gasteiger partial charge in [0.2, 0.25) is 11.8 Å². The van der Waals surface area contributed by atoms with Crippen LogP contribution in [-0.4, -0.2) is 52.4 Å². The fraction of sp³-hybridized carbons (Fsp3) is 0.300. The van der Waals surface area contributed by atoms with Crippen molar-refractivity contribution in [1.82, 2.24) is 10.3 Å². The number of para-hydroxylation sites is 1. The Kier molecular flexibility index (Phi) is 8.65. The second kappa shape index (κ2) is 11.0. The molecule has 0 spiro atoms. The summed E-state index contributed by atoms with van der Waals surface area (Å²) in [5, 5.41) is 9.96. The molecule has 1 aliphatic rings. The highest BCUT2D eigenvalue weighted by atomic mass is 32.2. The number of pyridine rings is 1. The van der Waals surface area contributed by atoms with E-state index in [0.29, 0.717) is 18.1 Å². The number of nitrogen functional groups attached to an aromatic ring is 1. The van der Waals surface area contributed by atoms with Crippen LogP contribution in [0.25, 0.3) is 0 Å². The van der Waals surface area contributed by atoms with Gasteiger partial charge in [-0.25, -0.2) is 9.78 Å². The number of carbonyl (C=O) groups excluding carboxylic acids is 2. The van der Waals surface area contributed by atoms with Crippen LogP contribution in [0.2, 0.25) is 0 Å². The minimum Gasteiger partial charge on any atom is -0.475 e. The third-order valence-electron chi connectivity index (χ3n) is 4.39. The first kappa shape index (κ1) is 25.9. The molecule has 3 rings (SSSR count). The van der Waals surface area contributed by atoms with Crippen LogP contribution in [-0.2, 0) is 20.9 Å². The lowest BCUT2D eigenvalue weighted by Gasteiger charge is -2.23. The van der Waals surface area contributed by atoms with E-state index in [1.165, 1.54) is 16.7 Å². The number of carboxylic acid groups (broad SMARTS) is 1. The van der Waals surface area contributed by atoms with Crippen LogP contribution in [0.3, 0.4) is 0 Å². The summed E-state index contributed by atoms with van der Waals surface area (Å²) in [4.78, 5) is 40.5. The summed E-state index contributed by atoms with van der Waals surface area (Å²) in [5.41, 5.74) is 14.0. The maximum atomic E-state index is 12.6. The first-order valence-electron chi connectivity index (χ1n) is 9.47. The Morgan fingerprint density at radius 2 is 1.91 bits per heavy atom. The van der Waals surface area contributed by atoms with Crippen molar-refractivity contribution in [2.45, 2.75) is 30.6 Å². The molecule has 0 saturated heterocycles. The monoisotopic (exact) mass is 485 g/mol. The number of aromatic nitrogens is 1. The van der Waals surface area contributed by atoms with E-state index >= 15 is 0 Å². The van der Waals surface area contributed by atoms with Crippen LogP contribution in [0.4, 0.5) is 24.7 Å². The summed E-state index contributed by atoms with van der Waals surface area (Å²) in [6.07, 6.45) is -5.08. The number of aliphatic carboxylic acids is 1. The van der Waals surface area contributed by atoms with Crippen molar-refractivity contribution in [2.24, 2.45) is 5.73 Å². The maximum Gasteiger partial charge on any atom is 0.490 e. The molecule has 2 aromatic rings. The number of fused-ring (bicyclic) bond motifs is 1. The molecule has 0 saturated carbocycles. The fourth-order valence-corrected chi connectivity index (χ4v) is 3.73. The minimum absolute atomic E-state index is 0.0778. The van der Waals surface area contributed by atoms with Crippen molar-refractivity contribution in [3.8, 4) is 0 Å². The second-order valence-corrected chi connectivity index (χ2v) is 7.93. The van der Waals surface area contributed by atoms with E-state index in [1.54, 1.807) is 6.07 Å². The van der Waals surface area contributed by atoms with E-state index < -0.39 is 18.2 Å². The van der Waals surface area contributed by atoms with E-state index in [1.807, 2.05) is 37.3 Å². The van der Waals surface area contributed by atoms with E-state index in [4.69, 9.17) is 21.4 Å². The Hall–Kier alpha value is -3.32. The number of carboxylic acids is 1.